The number of rotatable bonds is 8. The van der Waals surface area contributed by atoms with E-state index in [2.05, 4.69) is 15.3 Å². The molecule has 0 fully saturated rings. The topological polar surface area (TPSA) is 90.2 Å². The van der Waals surface area contributed by atoms with Crippen LogP contribution in [0.1, 0.15) is 40.2 Å². The van der Waals surface area contributed by atoms with E-state index < -0.39 is 0 Å². The zero-order valence-electron chi connectivity index (χ0n) is 18.7. The summed E-state index contributed by atoms with van der Waals surface area (Å²) in [7, 11) is 0. The Bertz CT molecular complexity index is 1420. The Labute approximate surface area is 198 Å². The van der Waals surface area contributed by atoms with E-state index in [1.54, 1.807) is 29.2 Å². The maximum absolute atomic E-state index is 13.4. The molecule has 174 valence electrons. The van der Waals surface area contributed by atoms with Crippen LogP contribution in [-0.4, -0.2) is 37.3 Å². The summed E-state index contributed by atoms with van der Waals surface area (Å²) in [5, 5.41) is 13.6. The Morgan fingerprint density at radius 2 is 2.03 bits per heavy atom. The molecule has 0 spiro atoms. The van der Waals surface area contributed by atoms with E-state index in [0.717, 1.165) is 27.9 Å². The first kappa shape index (κ1) is 22.0. The van der Waals surface area contributed by atoms with E-state index in [-0.39, 0.29) is 24.2 Å². The van der Waals surface area contributed by atoms with E-state index in [0.29, 0.717) is 29.6 Å². The van der Waals surface area contributed by atoms with Crippen molar-refractivity contribution in [1.82, 2.24) is 24.9 Å². The number of hydrogen-bond acceptors (Lipinski definition) is 7. The van der Waals surface area contributed by atoms with Gasteiger partial charge in [0.1, 0.15) is 10.6 Å². The molecule has 10 heteroatoms. The van der Waals surface area contributed by atoms with Crippen LogP contribution in [-0.2, 0) is 13.1 Å². The number of benzene rings is 1. The third-order valence-corrected chi connectivity index (χ3v) is 6.51. The number of aromatic nitrogens is 4. The number of halogens is 1. The molecule has 1 amide bonds. The van der Waals surface area contributed by atoms with Crippen LogP contribution >= 0.6 is 11.3 Å². The summed E-state index contributed by atoms with van der Waals surface area (Å²) in [5.74, 6) is 0.727. The summed E-state index contributed by atoms with van der Waals surface area (Å²) in [4.78, 5) is 16.6. The fourth-order valence-electron chi connectivity index (χ4n) is 3.75. The number of thiophene rings is 1. The first-order valence-corrected chi connectivity index (χ1v) is 11.7. The average Bonchev–Trinajstić information content (AvgIpc) is 3.62. The van der Waals surface area contributed by atoms with Gasteiger partial charge in [0.25, 0.3) is 11.8 Å². The minimum atomic E-state index is -0.275. The van der Waals surface area contributed by atoms with E-state index >= 15 is 0 Å². The number of aryl methyl sites for hydroxylation is 1. The fraction of sp³-hybridized carbons (Fsp3) is 0.250. The quantitative estimate of drug-likeness (QED) is 0.300. The molecule has 8 nitrogen and oxygen atoms in total. The van der Waals surface area contributed by atoms with Crippen LogP contribution in [0.25, 0.3) is 21.9 Å². The van der Waals surface area contributed by atoms with Gasteiger partial charge >= 0.3 is 0 Å². The monoisotopic (exact) mass is 479 g/mol. The molecule has 0 aliphatic heterocycles. The highest BCUT2D eigenvalue weighted by molar-refractivity contribution is 7.20. The molecule has 0 aliphatic rings. The van der Waals surface area contributed by atoms with Crippen LogP contribution < -0.4 is 0 Å². The molecule has 5 rings (SSSR count). The molecule has 5 aromatic rings. The number of fused-ring (bicyclic) bond motifs is 1. The van der Waals surface area contributed by atoms with Crippen molar-refractivity contribution in [1.29, 1.82) is 0 Å². The average molecular weight is 480 g/mol. The molecule has 0 N–H and O–H groups in total. The van der Waals surface area contributed by atoms with Crippen LogP contribution in [0.15, 0.2) is 57.6 Å². The van der Waals surface area contributed by atoms with Gasteiger partial charge in [-0.1, -0.05) is 19.1 Å². The van der Waals surface area contributed by atoms with Crippen molar-refractivity contribution in [3.05, 3.63) is 76.6 Å². The molecule has 0 atom stereocenters. The second-order valence-corrected chi connectivity index (χ2v) is 8.93. The molecule has 4 heterocycles. The Morgan fingerprint density at radius 3 is 2.76 bits per heavy atom. The highest BCUT2D eigenvalue weighted by Gasteiger charge is 2.23. The lowest BCUT2D eigenvalue weighted by molar-refractivity contribution is 0.0733. The van der Waals surface area contributed by atoms with E-state index in [4.69, 9.17) is 8.83 Å². The molecule has 0 radical (unpaired) electrons. The molecule has 0 aliphatic carbocycles. The summed E-state index contributed by atoms with van der Waals surface area (Å²) >= 11 is 1.40. The lowest BCUT2D eigenvalue weighted by Gasteiger charge is -2.19. The van der Waals surface area contributed by atoms with Crippen LogP contribution in [0.2, 0.25) is 0 Å². The second kappa shape index (κ2) is 9.22. The van der Waals surface area contributed by atoms with E-state index in [9.17, 15) is 9.18 Å². The molecule has 0 saturated carbocycles. The molecule has 0 saturated heterocycles. The Hall–Kier alpha value is -3.79. The number of carbonyl (C=O) groups excluding carboxylic acids is 1. The van der Waals surface area contributed by atoms with Gasteiger partial charge < -0.3 is 13.7 Å². The van der Waals surface area contributed by atoms with Crippen molar-refractivity contribution < 1.29 is 18.0 Å². The van der Waals surface area contributed by atoms with Gasteiger partial charge in [0.15, 0.2) is 5.76 Å². The molecule has 1 aromatic carbocycles. The molecule has 34 heavy (non-hydrogen) atoms. The fourth-order valence-corrected chi connectivity index (χ4v) is 4.88. The zero-order chi connectivity index (χ0) is 23.7. The van der Waals surface area contributed by atoms with Gasteiger partial charge in [-0.15, -0.1) is 21.5 Å². The number of carbonyl (C=O) groups is 1. The molecule has 0 bridgehead atoms. The van der Waals surface area contributed by atoms with Crippen molar-refractivity contribution in [3.8, 4) is 11.7 Å². The predicted molar refractivity (Wildman–Crippen MR) is 125 cm³/mol. The van der Waals surface area contributed by atoms with E-state index in [1.165, 1.54) is 29.7 Å². The highest BCUT2D eigenvalue weighted by Crippen LogP contribution is 2.30. The van der Waals surface area contributed by atoms with Gasteiger partial charge in [-0.3, -0.25) is 9.48 Å². The number of furan rings is 1. The van der Waals surface area contributed by atoms with Gasteiger partial charge in [0.2, 0.25) is 5.89 Å². The lowest BCUT2D eigenvalue weighted by Crippen LogP contribution is -2.30. The minimum absolute atomic E-state index is 0.103. The summed E-state index contributed by atoms with van der Waals surface area (Å²) in [5.41, 5.74) is 1.78. The third kappa shape index (κ3) is 4.36. The lowest BCUT2D eigenvalue weighted by atomic mass is 10.2. The highest BCUT2D eigenvalue weighted by atomic mass is 32.1. The first-order chi connectivity index (χ1) is 16.5. The summed E-state index contributed by atoms with van der Waals surface area (Å²) in [6.45, 7) is 5.18. The number of hydrogen-bond donors (Lipinski definition) is 0. The SMILES string of the molecule is CCCN(Cc1nnc(-c2ccco2)o1)C(=O)c1cc2c(C)nn(Cc3ccc(F)cc3)c2s1. The molecule has 0 unspecified atom stereocenters. The van der Waals surface area contributed by atoms with Crippen molar-refractivity contribution >= 4 is 27.5 Å². The maximum atomic E-state index is 13.4. The van der Waals surface area contributed by atoms with Gasteiger partial charge in [0, 0.05) is 11.9 Å². The Balaban J connectivity index is 1.38. The third-order valence-electron chi connectivity index (χ3n) is 5.37. The largest absolute Gasteiger partial charge is 0.459 e. The minimum Gasteiger partial charge on any atom is -0.459 e. The Morgan fingerprint density at radius 1 is 1.21 bits per heavy atom. The van der Waals surface area contributed by atoms with Crippen LogP contribution in [0.3, 0.4) is 0 Å². The van der Waals surface area contributed by atoms with Crippen molar-refractivity contribution in [2.24, 2.45) is 0 Å². The summed E-state index contributed by atoms with van der Waals surface area (Å²) in [6, 6.07) is 11.7. The van der Waals surface area contributed by atoms with Crippen LogP contribution in [0, 0.1) is 12.7 Å². The van der Waals surface area contributed by atoms with Crippen LogP contribution in [0.4, 0.5) is 4.39 Å². The summed E-state index contributed by atoms with van der Waals surface area (Å²) < 4.78 is 26.1. The van der Waals surface area contributed by atoms with Crippen molar-refractivity contribution in [3.63, 3.8) is 0 Å². The van der Waals surface area contributed by atoms with Gasteiger partial charge in [0.05, 0.1) is 29.9 Å². The zero-order valence-corrected chi connectivity index (χ0v) is 19.5. The normalized spacial score (nSPS) is 11.4. The van der Waals surface area contributed by atoms with Gasteiger partial charge in [-0.25, -0.2) is 4.39 Å². The number of nitrogens with zero attached hydrogens (tertiary/aromatic N) is 5. The van der Waals surface area contributed by atoms with Crippen molar-refractivity contribution in [2.75, 3.05) is 6.54 Å². The van der Waals surface area contributed by atoms with E-state index in [1.807, 2.05) is 24.6 Å². The first-order valence-electron chi connectivity index (χ1n) is 10.9. The van der Waals surface area contributed by atoms with Gasteiger partial charge in [-0.05, 0) is 49.2 Å². The molecular formula is C24H22FN5O3S. The van der Waals surface area contributed by atoms with Crippen molar-refractivity contribution in [2.45, 2.75) is 33.4 Å². The maximum Gasteiger partial charge on any atom is 0.283 e. The second-order valence-electron chi connectivity index (χ2n) is 7.90. The molecule has 4 aromatic heterocycles. The Kier molecular flexibility index (Phi) is 5.97. The molecular weight excluding hydrogens is 457 g/mol. The number of amides is 1. The van der Waals surface area contributed by atoms with Crippen LogP contribution in [0.5, 0.6) is 0 Å². The standard InChI is InChI=1S/C24H22FN5O3S/c1-3-10-29(14-21-26-27-22(33-21)19-5-4-11-32-19)23(31)20-12-18-15(2)28-30(24(18)34-20)13-16-6-8-17(25)9-7-16/h4-9,11-12H,3,10,13-14H2,1-2H3. The predicted octanol–water partition coefficient (Wildman–Crippen LogP) is 5.29. The smallest absolute Gasteiger partial charge is 0.283 e. The summed E-state index contributed by atoms with van der Waals surface area (Å²) in [6.07, 6.45) is 2.32. The van der Waals surface area contributed by atoms with Gasteiger partial charge in [-0.2, -0.15) is 5.10 Å².